The summed E-state index contributed by atoms with van der Waals surface area (Å²) in [6.07, 6.45) is 1.86. The number of aliphatic hydroxyl groups is 1. The molecule has 1 atom stereocenters. The average molecular weight is 223 g/mol. The fourth-order valence-corrected chi connectivity index (χ4v) is 1.47. The summed E-state index contributed by atoms with van der Waals surface area (Å²) < 4.78 is 5.59. The van der Waals surface area contributed by atoms with Gasteiger partial charge in [0.15, 0.2) is 0 Å². The van der Waals surface area contributed by atoms with Crippen molar-refractivity contribution in [3.05, 3.63) is 29.8 Å². The molecule has 0 aliphatic heterocycles. The van der Waals surface area contributed by atoms with Crippen molar-refractivity contribution in [2.24, 2.45) is 0 Å². The predicted octanol–water partition coefficient (Wildman–Crippen LogP) is 1.60. The first-order valence-electron chi connectivity index (χ1n) is 5.80. The topological polar surface area (TPSA) is 41.5 Å². The van der Waals surface area contributed by atoms with E-state index < -0.39 is 0 Å². The molecule has 0 heterocycles. The molecule has 1 aromatic rings. The van der Waals surface area contributed by atoms with Crippen LogP contribution < -0.4 is 10.1 Å². The predicted molar refractivity (Wildman–Crippen MR) is 65.9 cm³/mol. The SMILES string of the molecule is CCc1ccc(OCCC(CO)NC)cc1. The second kappa shape index (κ2) is 7.25. The summed E-state index contributed by atoms with van der Waals surface area (Å²) in [6, 6.07) is 8.27. The highest BCUT2D eigenvalue weighted by Crippen LogP contribution is 2.12. The van der Waals surface area contributed by atoms with Crippen LogP contribution in [0.3, 0.4) is 0 Å². The summed E-state index contributed by atoms with van der Waals surface area (Å²) in [7, 11) is 1.84. The van der Waals surface area contributed by atoms with Gasteiger partial charge >= 0.3 is 0 Å². The van der Waals surface area contributed by atoms with Gasteiger partial charge in [0.05, 0.1) is 13.2 Å². The second-order valence-electron chi connectivity index (χ2n) is 3.80. The molecule has 0 bridgehead atoms. The largest absolute Gasteiger partial charge is 0.494 e. The first kappa shape index (κ1) is 13.0. The van der Waals surface area contributed by atoms with Crippen LogP contribution in [0.4, 0.5) is 0 Å². The van der Waals surface area contributed by atoms with E-state index in [0.717, 1.165) is 18.6 Å². The zero-order chi connectivity index (χ0) is 11.8. The highest BCUT2D eigenvalue weighted by molar-refractivity contribution is 5.27. The van der Waals surface area contributed by atoms with E-state index in [0.29, 0.717) is 6.61 Å². The number of hydrogen-bond donors (Lipinski definition) is 2. The third kappa shape index (κ3) is 4.21. The van der Waals surface area contributed by atoms with Crippen LogP contribution in [0.1, 0.15) is 18.9 Å². The maximum absolute atomic E-state index is 8.97. The molecule has 0 spiro atoms. The van der Waals surface area contributed by atoms with Crippen molar-refractivity contribution >= 4 is 0 Å². The molecule has 1 aromatic carbocycles. The lowest BCUT2D eigenvalue weighted by atomic mass is 10.2. The molecule has 90 valence electrons. The average Bonchev–Trinajstić information content (AvgIpc) is 2.35. The molecule has 3 heteroatoms. The van der Waals surface area contributed by atoms with Crippen LogP contribution in [0.15, 0.2) is 24.3 Å². The van der Waals surface area contributed by atoms with E-state index >= 15 is 0 Å². The highest BCUT2D eigenvalue weighted by Gasteiger charge is 2.03. The van der Waals surface area contributed by atoms with Gasteiger partial charge in [0.25, 0.3) is 0 Å². The van der Waals surface area contributed by atoms with Crippen molar-refractivity contribution in [2.75, 3.05) is 20.3 Å². The first-order chi connectivity index (χ1) is 7.80. The van der Waals surface area contributed by atoms with E-state index in [1.165, 1.54) is 5.56 Å². The fourth-order valence-electron chi connectivity index (χ4n) is 1.47. The van der Waals surface area contributed by atoms with Crippen molar-refractivity contribution in [3.63, 3.8) is 0 Å². The summed E-state index contributed by atoms with van der Waals surface area (Å²) in [4.78, 5) is 0. The minimum absolute atomic E-state index is 0.120. The fraction of sp³-hybridized carbons (Fsp3) is 0.538. The lowest BCUT2D eigenvalue weighted by Crippen LogP contribution is -2.30. The van der Waals surface area contributed by atoms with Crippen molar-refractivity contribution in [1.29, 1.82) is 0 Å². The number of ether oxygens (including phenoxy) is 1. The number of aryl methyl sites for hydroxylation is 1. The van der Waals surface area contributed by atoms with E-state index in [1.54, 1.807) is 0 Å². The van der Waals surface area contributed by atoms with Crippen LogP contribution in [-0.2, 0) is 6.42 Å². The smallest absolute Gasteiger partial charge is 0.119 e. The Hall–Kier alpha value is -1.06. The Morgan fingerprint density at radius 1 is 1.31 bits per heavy atom. The summed E-state index contributed by atoms with van der Waals surface area (Å²) >= 11 is 0. The molecule has 2 N–H and O–H groups in total. The van der Waals surface area contributed by atoms with Gasteiger partial charge in [0, 0.05) is 6.04 Å². The lowest BCUT2D eigenvalue weighted by Gasteiger charge is -2.13. The summed E-state index contributed by atoms with van der Waals surface area (Å²) in [5, 5.41) is 12.0. The molecular formula is C13H21NO2. The Morgan fingerprint density at radius 3 is 2.50 bits per heavy atom. The first-order valence-corrected chi connectivity index (χ1v) is 5.80. The summed E-state index contributed by atoms with van der Waals surface area (Å²) in [6.45, 7) is 2.90. The molecular weight excluding hydrogens is 202 g/mol. The summed E-state index contributed by atoms with van der Waals surface area (Å²) in [5.41, 5.74) is 1.32. The normalized spacial score (nSPS) is 12.4. The highest BCUT2D eigenvalue weighted by atomic mass is 16.5. The van der Waals surface area contributed by atoms with Gasteiger partial charge in [-0.15, -0.1) is 0 Å². The van der Waals surface area contributed by atoms with Gasteiger partial charge in [0.2, 0.25) is 0 Å². The molecule has 16 heavy (non-hydrogen) atoms. The number of aliphatic hydroxyl groups excluding tert-OH is 1. The second-order valence-corrected chi connectivity index (χ2v) is 3.80. The van der Waals surface area contributed by atoms with Crippen molar-refractivity contribution in [2.45, 2.75) is 25.8 Å². The Bertz CT molecular complexity index is 280. The van der Waals surface area contributed by atoms with E-state index in [4.69, 9.17) is 9.84 Å². The van der Waals surface area contributed by atoms with Crippen LogP contribution in [0, 0.1) is 0 Å². The molecule has 0 aliphatic rings. The van der Waals surface area contributed by atoms with E-state index in [1.807, 2.05) is 19.2 Å². The van der Waals surface area contributed by atoms with Gasteiger partial charge in [-0.3, -0.25) is 0 Å². The molecule has 1 rings (SSSR count). The van der Waals surface area contributed by atoms with Crippen LogP contribution in [-0.4, -0.2) is 31.4 Å². The van der Waals surface area contributed by atoms with E-state index in [-0.39, 0.29) is 12.6 Å². The molecule has 0 radical (unpaired) electrons. The van der Waals surface area contributed by atoms with Crippen LogP contribution in [0.2, 0.25) is 0 Å². The minimum Gasteiger partial charge on any atom is -0.494 e. The Labute approximate surface area is 97.4 Å². The minimum atomic E-state index is 0.120. The maximum atomic E-state index is 8.97. The maximum Gasteiger partial charge on any atom is 0.119 e. The third-order valence-corrected chi connectivity index (χ3v) is 2.70. The van der Waals surface area contributed by atoms with Gasteiger partial charge in [-0.25, -0.2) is 0 Å². The standard InChI is InChI=1S/C13H21NO2/c1-3-11-4-6-13(7-5-11)16-9-8-12(10-15)14-2/h4-7,12,14-15H,3,8-10H2,1-2H3. The van der Waals surface area contributed by atoms with Crippen molar-refractivity contribution in [3.8, 4) is 5.75 Å². The Balaban J connectivity index is 2.31. The van der Waals surface area contributed by atoms with Crippen LogP contribution in [0.5, 0.6) is 5.75 Å². The zero-order valence-electron chi connectivity index (χ0n) is 10.1. The molecule has 0 amide bonds. The lowest BCUT2D eigenvalue weighted by molar-refractivity contribution is 0.214. The zero-order valence-corrected chi connectivity index (χ0v) is 10.1. The molecule has 0 fully saturated rings. The van der Waals surface area contributed by atoms with Gasteiger partial charge < -0.3 is 15.2 Å². The van der Waals surface area contributed by atoms with Gasteiger partial charge in [-0.05, 0) is 37.6 Å². The third-order valence-electron chi connectivity index (χ3n) is 2.70. The van der Waals surface area contributed by atoms with Gasteiger partial charge in [-0.2, -0.15) is 0 Å². The molecule has 0 aromatic heterocycles. The number of rotatable bonds is 7. The van der Waals surface area contributed by atoms with Gasteiger partial charge in [-0.1, -0.05) is 19.1 Å². The van der Waals surface area contributed by atoms with Gasteiger partial charge in [0.1, 0.15) is 5.75 Å². The Morgan fingerprint density at radius 2 is 2.00 bits per heavy atom. The molecule has 3 nitrogen and oxygen atoms in total. The molecule has 0 saturated carbocycles. The molecule has 1 unspecified atom stereocenters. The van der Waals surface area contributed by atoms with E-state index in [9.17, 15) is 0 Å². The number of likely N-dealkylation sites (N-methyl/N-ethyl adjacent to an activating group) is 1. The quantitative estimate of drug-likeness (QED) is 0.737. The number of hydrogen-bond acceptors (Lipinski definition) is 3. The van der Waals surface area contributed by atoms with Crippen molar-refractivity contribution < 1.29 is 9.84 Å². The number of nitrogens with one attached hydrogen (secondary N) is 1. The van der Waals surface area contributed by atoms with Crippen molar-refractivity contribution in [1.82, 2.24) is 5.32 Å². The summed E-state index contributed by atoms with van der Waals surface area (Å²) in [5.74, 6) is 0.894. The van der Waals surface area contributed by atoms with Crippen LogP contribution >= 0.6 is 0 Å². The number of benzene rings is 1. The molecule has 0 saturated heterocycles. The Kier molecular flexibility index (Phi) is 5.90. The monoisotopic (exact) mass is 223 g/mol. The van der Waals surface area contributed by atoms with Crippen LogP contribution in [0.25, 0.3) is 0 Å². The molecule has 0 aliphatic carbocycles. The van der Waals surface area contributed by atoms with E-state index in [2.05, 4.69) is 24.4 Å².